The molecule has 0 amide bonds. The Morgan fingerprint density at radius 3 is 2.17 bits per heavy atom. The molecule has 1 unspecified atom stereocenters. The first kappa shape index (κ1) is 15.1. The van der Waals surface area contributed by atoms with Gasteiger partial charge in [-0.05, 0) is 24.1 Å². The maximum Gasteiger partial charge on any atom is 0.0948 e. The van der Waals surface area contributed by atoms with E-state index < -0.39 is 0 Å². The second-order valence-corrected chi connectivity index (χ2v) is 5.30. The van der Waals surface area contributed by atoms with E-state index in [1.165, 1.54) is 5.56 Å². The average Bonchev–Trinajstić information content (AvgIpc) is 2.29. The lowest BCUT2D eigenvalue weighted by Crippen LogP contribution is -2.35. The Hall–Kier alpha value is -0.970. The Morgan fingerprint density at radius 1 is 1.28 bits per heavy atom. The molecule has 18 heavy (non-hydrogen) atoms. The van der Waals surface area contributed by atoms with Gasteiger partial charge in [0.2, 0.25) is 0 Å². The van der Waals surface area contributed by atoms with Gasteiger partial charge < -0.3 is 10.8 Å². The number of aliphatic hydroxyl groups excluding tert-OH is 1. The predicted molar refractivity (Wildman–Crippen MR) is 79.8 cm³/mol. The average molecular weight is 266 g/mol. The minimum Gasteiger partial charge on any atom is -0.395 e. The van der Waals surface area contributed by atoms with Crippen LogP contribution in [0.25, 0.3) is 0 Å². The van der Waals surface area contributed by atoms with Crippen LogP contribution in [0.15, 0.2) is 24.3 Å². The number of nitrogens with two attached hydrogens (primary N) is 1. The summed E-state index contributed by atoms with van der Waals surface area (Å²) < 4.78 is 0. The van der Waals surface area contributed by atoms with Crippen LogP contribution in [-0.2, 0) is 0 Å². The van der Waals surface area contributed by atoms with E-state index in [2.05, 4.69) is 38.1 Å². The second kappa shape index (κ2) is 6.83. The Morgan fingerprint density at radius 2 is 1.78 bits per heavy atom. The normalized spacial score (nSPS) is 13.0. The highest BCUT2D eigenvalue weighted by molar-refractivity contribution is 7.80. The van der Waals surface area contributed by atoms with Gasteiger partial charge in [-0.1, -0.05) is 50.3 Å². The molecule has 100 valence electrons. The van der Waals surface area contributed by atoms with E-state index in [4.69, 9.17) is 23.1 Å². The molecule has 0 fully saturated rings. The molecule has 0 saturated carbocycles. The summed E-state index contributed by atoms with van der Waals surface area (Å²) in [7, 11) is 1.91. The van der Waals surface area contributed by atoms with E-state index in [9.17, 15) is 0 Å². The zero-order valence-electron chi connectivity index (χ0n) is 11.3. The van der Waals surface area contributed by atoms with E-state index in [-0.39, 0.29) is 12.6 Å². The lowest BCUT2D eigenvalue weighted by atomic mass is 9.98. The summed E-state index contributed by atoms with van der Waals surface area (Å²) in [6, 6.07) is 8.23. The van der Waals surface area contributed by atoms with Gasteiger partial charge in [0, 0.05) is 6.54 Å². The van der Waals surface area contributed by atoms with Crippen molar-refractivity contribution in [1.82, 2.24) is 4.90 Å². The number of likely N-dealkylation sites (N-methyl/N-ethyl adjacent to an activating group) is 1. The van der Waals surface area contributed by atoms with Crippen LogP contribution in [0.5, 0.6) is 0 Å². The van der Waals surface area contributed by atoms with Gasteiger partial charge in [0.1, 0.15) is 0 Å². The number of rotatable bonds is 6. The Bertz CT molecular complexity index is 389. The van der Waals surface area contributed by atoms with Crippen LogP contribution in [0.1, 0.15) is 36.9 Å². The molecule has 0 heterocycles. The van der Waals surface area contributed by atoms with E-state index in [1.807, 2.05) is 11.9 Å². The van der Waals surface area contributed by atoms with Crippen LogP contribution in [-0.4, -0.2) is 35.2 Å². The fourth-order valence-corrected chi connectivity index (χ4v) is 2.30. The van der Waals surface area contributed by atoms with Gasteiger partial charge >= 0.3 is 0 Å². The molecule has 4 heteroatoms. The molecule has 0 bridgehead atoms. The predicted octanol–water partition coefficient (Wildman–Crippen LogP) is 2.06. The van der Waals surface area contributed by atoms with E-state index in [0.717, 1.165) is 5.56 Å². The smallest absolute Gasteiger partial charge is 0.0948 e. The lowest BCUT2D eigenvalue weighted by Gasteiger charge is -2.27. The van der Waals surface area contributed by atoms with E-state index >= 15 is 0 Å². The summed E-state index contributed by atoms with van der Waals surface area (Å²) in [4.78, 5) is 2.40. The highest BCUT2D eigenvalue weighted by atomic mass is 32.1. The molecule has 0 aliphatic heterocycles. The van der Waals surface area contributed by atoms with Crippen LogP contribution < -0.4 is 5.73 Å². The van der Waals surface area contributed by atoms with Gasteiger partial charge in [-0.15, -0.1) is 0 Å². The van der Waals surface area contributed by atoms with Crippen molar-refractivity contribution in [2.75, 3.05) is 20.2 Å². The molecular weight excluding hydrogens is 244 g/mol. The van der Waals surface area contributed by atoms with Crippen LogP contribution in [0.3, 0.4) is 0 Å². The quantitative estimate of drug-likeness (QED) is 0.774. The maximum absolute atomic E-state index is 9.01. The third-order valence-corrected chi connectivity index (χ3v) is 3.31. The fraction of sp³-hybridized carbons (Fsp3) is 0.500. The molecule has 3 nitrogen and oxygen atoms in total. The van der Waals surface area contributed by atoms with Crippen molar-refractivity contribution >= 4 is 17.2 Å². The van der Waals surface area contributed by atoms with Gasteiger partial charge in [-0.2, -0.15) is 0 Å². The molecule has 1 aromatic carbocycles. The van der Waals surface area contributed by atoms with Crippen LogP contribution >= 0.6 is 12.2 Å². The number of nitrogens with zero attached hydrogens (tertiary/aromatic N) is 1. The summed E-state index contributed by atoms with van der Waals surface area (Å²) in [5.41, 5.74) is 8.17. The summed E-state index contributed by atoms with van der Waals surface area (Å²) in [5, 5.41) is 9.01. The van der Waals surface area contributed by atoms with Crippen molar-refractivity contribution in [3.05, 3.63) is 35.4 Å². The van der Waals surface area contributed by atoms with Crippen molar-refractivity contribution in [2.24, 2.45) is 5.73 Å². The third-order valence-electron chi connectivity index (χ3n) is 3.08. The van der Waals surface area contributed by atoms with Crippen LogP contribution in [0.2, 0.25) is 0 Å². The highest BCUT2D eigenvalue weighted by Crippen LogP contribution is 2.22. The summed E-state index contributed by atoms with van der Waals surface area (Å²) in [6.07, 6.45) is 0. The summed E-state index contributed by atoms with van der Waals surface area (Å²) in [6.45, 7) is 4.98. The first-order valence-electron chi connectivity index (χ1n) is 6.17. The van der Waals surface area contributed by atoms with Crippen LogP contribution in [0, 0.1) is 0 Å². The monoisotopic (exact) mass is 266 g/mol. The molecule has 0 radical (unpaired) electrons. The summed E-state index contributed by atoms with van der Waals surface area (Å²) >= 11 is 5.13. The number of hydrogen-bond donors (Lipinski definition) is 2. The first-order chi connectivity index (χ1) is 8.47. The second-order valence-electron chi connectivity index (χ2n) is 4.83. The number of hydrogen-bond acceptors (Lipinski definition) is 3. The summed E-state index contributed by atoms with van der Waals surface area (Å²) in [5.74, 6) is 0.512. The molecule has 3 N–H and O–H groups in total. The van der Waals surface area contributed by atoms with Crippen molar-refractivity contribution < 1.29 is 5.11 Å². The third kappa shape index (κ3) is 3.77. The molecule has 0 aromatic heterocycles. The first-order valence-corrected chi connectivity index (χ1v) is 6.58. The molecule has 1 aromatic rings. The van der Waals surface area contributed by atoms with E-state index in [1.54, 1.807) is 0 Å². The standard InChI is InChI=1S/C14H22N2OS/c1-10(2)11-4-6-12(7-5-11)13(14(15)18)16(3)8-9-17/h4-7,10,13,17H,8-9H2,1-3H3,(H2,15,18). The van der Waals surface area contributed by atoms with Gasteiger partial charge in [-0.25, -0.2) is 0 Å². The van der Waals surface area contributed by atoms with Crippen molar-refractivity contribution in [2.45, 2.75) is 25.8 Å². The molecule has 0 aliphatic carbocycles. The number of benzene rings is 1. The van der Waals surface area contributed by atoms with Crippen molar-refractivity contribution in [1.29, 1.82) is 0 Å². The molecule has 1 atom stereocenters. The van der Waals surface area contributed by atoms with Gasteiger partial charge in [0.15, 0.2) is 0 Å². The lowest BCUT2D eigenvalue weighted by molar-refractivity contribution is 0.207. The van der Waals surface area contributed by atoms with Crippen molar-refractivity contribution in [3.8, 4) is 0 Å². The number of aliphatic hydroxyl groups is 1. The minimum atomic E-state index is -0.117. The Labute approximate surface area is 115 Å². The topological polar surface area (TPSA) is 49.5 Å². The van der Waals surface area contributed by atoms with Crippen LogP contribution in [0.4, 0.5) is 0 Å². The van der Waals surface area contributed by atoms with Crippen molar-refractivity contribution in [3.63, 3.8) is 0 Å². The largest absolute Gasteiger partial charge is 0.395 e. The van der Waals surface area contributed by atoms with Gasteiger partial charge in [0.05, 0.1) is 17.6 Å². The Balaban J connectivity index is 2.96. The zero-order chi connectivity index (χ0) is 13.7. The Kier molecular flexibility index (Phi) is 5.72. The maximum atomic E-state index is 9.01. The zero-order valence-corrected chi connectivity index (χ0v) is 12.1. The minimum absolute atomic E-state index is 0.0969. The SMILES string of the molecule is CC(C)c1ccc(C(C(N)=S)N(C)CCO)cc1. The molecule has 0 spiro atoms. The molecule has 0 saturated heterocycles. The molecular formula is C14H22N2OS. The fourth-order valence-electron chi connectivity index (χ4n) is 1.99. The highest BCUT2D eigenvalue weighted by Gasteiger charge is 2.19. The van der Waals surface area contributed by atoms with Gasteiger partial charge in [-0.3, -0.25) is 4.90 Å². The molecule has 1 rings (SSSR count). The molecule has 0 aliphatic rings. The number of thiocarbonyl (C=S) groups is 1. The van der Waals surface area contributed by atoms with E-state index in [0.29, 0.717) is 17.5 Å². The van der Waals surface area contributed by atoms with Gasteiger partial charge in [0.25, 0.3) is 0 Å².